The van der Waals surface area contributed by atoms with Gasteiger partial charge in [-0.05, 0) is 33.7 Å². The lowest BCUT2D eigenvalue weighted by molar-refractivity contribution is -0.137. The molecule has 110 valence electrons. The fourth-order valence-electron chi connectivity index (χ4n) is 2.28. The number of carboxylic acids is 1. The minimum absolute atomic E-state index is 0.0397. The number of nitrogens with zero attached hydrogens (tertiary/aromatic N) is 2. The molecule has 1 heterocycles. The molecule has 0 aromatic rings. The Kier molecular flexibility index (Phi) is 6.08. The highest BCUT2D eigenvalue weighted by Crippen LogP contribution is 2.13. The predicted molar refractivity (Wildman–Crippen MR) is 73.1 cm³/mol. The van der Waals surface area contributed by atoms with Gasteiger partial charge in [0.2, 0.25) is 0 Å². The van der Waals surface area contributed by atoms with Crippen LogP contribution in [0.3, 0.4) is 0 Å². The third-order valence-electron chi connectivity index (χ3n) is 3.74. The van der Waals surface area contributed by atoms with Crippen LogP contribution in [-0.4, -0.2) is 65.7 Å². The van der Waals surface area contributed by atoms with Crippen LogP contribution in [0.15, 0.2) is 0 Å². The molecule has 1 rings (SSSR count). The summed E-state index contributed by atoms with van der Waals surface area (Å²) in [5.74, 6) is -0.784. The lowest BCUT2D eigenvalue weighted by atomic mass is 10.1. The Bertz CT molecular complexity index is 310. The molecule has 2 amide bonds. The van der Waals surface area contributed by atoms with Crippen molar-refractivity contribution in [1.82, 2.24) is 15.1 Å². The highest BCUT2D eigenvalue weighted by Gasteiger charge is 2.28. The SMILES string of the molecule is CC1CN(C(=O)NCCCCC(=O)O)CC(C)N1C. The zero-order chi connectivity index (χ0) is 14.4. The quantitative estimate of drug-likeness (QED) is 0.731. The minimum atomic E-state index is -0.784. The second-order valence-electron chi connectivity index (χ2n) is 5.35. The normalized spacial score (nSPS) is 24.3. The molecular formula is C13H25N3O3. The molecule has 6 nitrogen and oxygen atoms in total. The average Bonchev–Trinajstić information content (AvgIpc) is 2.34. The van der Waals surface area contributed by atoms with E-state index in [2.05, 4.69) is 31.1 Å². The lowest BCUT2D eigenvalue weighted by Gasteiger charge is -2.42. The van der Waals surface area contributed by atoms with Gasteiger partial charge in [0.1, 0.15) is 0 Å². The van der Waals surface area contributed by atoms with Gasteiger partial charge in [-0.2, -0.15) is 0 Å². The fourth-order valence-corrected chi connectivity index (χ4v) is 2.28. The van der Waals surface area contributed by atoms with E-state index in [1.165, 1.54) is 0 Å². The maximum atomic E-state index is 12.0. The molecule has 2 unspecified atom stereocenters. The van der Waals surface area contributed by atoms with Gasteiger partial charge in [-0.15, -0.1) is 0 Å². The largest absolute Gasteiger partial charge is 0.481 e. The molecule has 1 fully saturated rings. The number of likely N-dealkylation sites (N-methyl/N-ethyl adjacent to an activating group) is 1. The van der Waals surface area contributed by atoms with E-state index in [1.54, 1.807) is 0 Å². The third-order valence-corrected chi connectivity index (χ3v) is 3.74. The van der Waals surface area contributed by atoms with Crippen molar-refractivity contribution in [2.75, 3.05) is 26.7 Å². The molecule has 0 saturated carbocycles. The van der Waals surface area contributed by atoms with Crippen LogP contribution in [-0.2, 0) is 4.79 Å². The standard InChI is InChI=1S/C13H25N3O3/c1-10-8-16(9-11(2)15(10)3)13(19)14-7-5-4-6-12(17)18/h10-11H,4-9H2,1-3H3,(H,14,19)(H,17,18). The van der Waals surface area contributed by atoms with Crippen LogP contribution in [0.2, 0.25) is 0 Å². The summed E-state index contributed by atoms with van der Waals surface area (Å²) in [6.07, 6.45) is 1.47. The van der Waals surface area contributed by atoms with Crippen LogP contribution in [0, 0.1) is 0 Å². The van der Waals surface area contributed by atoms with Crippen molar-refractivity contribution >= 4 is 12.0 Å². The zero-order valence-electron chi connectivity index (χ0n) is 12.1. The number of hydrogen-bond donors (Lipinski definition) is 2. The van der Waals surface area contributed by atoms with E-state index in [0.717, 1.165) is 13.1 Å². The second-order valence-corrected chi connectivity index (χ2v) is 5.35. The molecule has 6 heteroatoms. The van der Waals surface area contributed by atoms with Crippen molar-refractivity contribution in [2.24, 2.45) is 0 Å². The van der Waals surface area contributed by atoms with Crippen LogP contribution in [0.1, 0.15) is 33.1 Å². The van der Waals surface area contributed by atoms with E-state index in [0.29, 0.717) is 31.5 Å². The fraction of sp³-hybridized carbons (Fsp3) is 0.846. The van der Waals surface area contributed by atoms with E-state index in [1.807, 2.05) is 4.90 Å². The minimum Gasteiger partial charge on any atom is -0.481 e. The molecule has 19 heavy (non-hydrogen) atoms. The van der Waals surface area contributed by atoms with Crippen LogP contribution >= 0.6 is 0 Å². The highest BCUT2D eigenvalue weighted by atomic mass is 16.4. The number of nitrogens with one attached hydrogen (secondary N) is 1. The lowest BCUT2D eigenvalue weighted by Crippen LogP contribution is -2.58. The Morgan fingerprint density at radius 1 is 1.21 bits per heavy atom. The van der Waals surface area contributed by atoms with E-state index in [-0.39, 0.29) is 12.5 Å². The van der Waals surface area contributed by atoms with Crippen molar-refractivity contribution in [3.8, 4) is 0 Å². The molecule has 0 aromatic heterocycles. The van der Waals surface area contributed by atoms with Crippen LogP contribution in [0.25, 0.3) is 0 Å². The number of amides is 2. The summed E-state index contributed by atoms with van der Waals surface area (Å²) in [7, 11) is 2.08. The van der Waals surface area contributed by atoms with Crippen molar-refractivity contribution in [3.05, 3.63) is 0 Å². The average molecular weight is 271 g/mol. The Balaban J connectivity index is 2.24. The smallest absolute Gasteiger partial charge is 0.317 e. The third kappa shape index (κ3) is 5.06. The maximum Gasteiger partial charge on any atom is 0.317 e. The first-order valence-corrected chi connectivity index (χ1v) is 6.88. The number of unbranched alkanes of at least 4 members (excludes halogenated alkanes) is 1. The van der Waals surface area contributed by atoms with Crippen molar-refractivity contribution in [1.29, 1.82) is 0 Å². The molecule has 2 atom stereocenters. The second kappa shape index (κ2) is 7.33. The summed E-state index contributed by atoms with van der Waals surface area (Å²) in [6, 6.07) is 0.685. The van der Waals surface area contributed by atoms with Crippen molar-refractivity contribution in [3.63, 3.8) is 0 Å². The van der Waals surface area contributed by atoms with Gasteiger partial charge in [0.15, 0.2) is 0 Å². The van der Waals surface area contributed by atoms with E-state index < -0.39 is 5.97 Å². The number of carbonyl (C=O) groups is 2. The summed E-state index contributed by atoms with van der Waals surface area (Å²) in [5, 5.41) is 11.4. The Labute approximate surface area is 114 Å². The molecule has 0 radical (unpaired) electrons. The van der Waals surface area contributed by atoms with Gasteiger partial charge >= 0.3 is 12.0 Å². The Morgan fingerprint density at radius 2 is 1.79 bits per heavy atom. The van der Waals surface area contributed by atoms with Crippen LogP contribution in [0.4, 0.5) is 4.79 Å². The summed E-state index contributed by atoms with van der Waals surface area (Å²) in [4.78, 5) is 26.4. The molecule has 1 saturated heterocycles. The number of rotatable bonds is 5. The zero-order valence-corrected chi connectivity index (χ0v) is 12.1. The highest BCUT2D eigenvalue weighted by molar-refractivity contribution is 5.74. The number of hydrogen-bond acceptors (Lipinski definition) is 3. The van der Waals surface area contributed by atoms with Gasteiger partial charge in [-0.1, -0.05) is 0 Å². The monoisotopic (exact) mass is 271 g/mol. The molecule has 0 aliphatic carbocycles. The number of carbonyl (C=O) groups excluding carboxylic acids is 1. The number of urea groups is 1. The molecule has 1 aliphatic heterocycles. The van der Waals surface area contributed by atoms with Gasteiger partial charge in [-0.25, -0.2) is 4.79 Å². The first-order chi connectivity index (χ1) is 8.91. The molecule has 0 bridgehead atoms. The molecule has 0 spiro atoms. The topological polar surface area (TPSA) is 72.9 Å². The molecule has 2 N–H and O–H groups in total. The van der Waals surface area contributed by atoms with Gasteiger partial charge in [-0.3, -0.25) is 9.69 Å². The van der Waals surface area contributed by atoms with Gasteiger partial charge in [0.25, 0.3) is 0 Å². The Hall–Kier alpha value is -1.30. The summed E-state index contributed by atoms with van der Waals surface area (Å²) in [6.45, 7) is 6.25. The van der Waals surface area contributed by atoms with Gasteiger partial charge in [0.05, 0.1) is 0 Å². The molecular weight excluding hydrogens is 246 g/mol. The summed E-state index contributed by atoms with van der Waals surface area (Å²) in [5.41, 5.74) is 0. The maximum absolute atomic E-state index is 12.0. The Morgan fingerprint density at radius 3 is 2.32 bits per heavy atom. The summed E-state index contributed by atoms with van der Waals surface area (Å²) < 4.78 is 0. The predicted octanol–water partition coefficient (Wildman–Crippen LogP) is 0.975. The summed E-state index contributed by atoms with van der Waals surface area (Å²) >= 11 is 0. The van der Waals surface area contributed by atoms with E-state index in [4.69, 9.17) is 5.11 Å². The molecule has 0 aromatic carbocycles. The number of aliphatic carboxylic acids is 1. The van der Waals surface area contributed by atoms with Crippen LogP contribution in [0.5, 0.6) is 0 Å². The van der Waals surface area contributed by atoms with E-state index in [9.17, 15) is 9.59 Å². The first-order valence-electron chi connectivity index (χ1n) is 6.88. The first kappa shape index (κ1) is 15.8. The number of piperazine rings is 1. The van der Waals surface area contributed by atoms with Gasteiger partial charge in [0, 0.05) is 38.1 Å². The van der Waals surface area contributed by atoms with Crippen molar-refractivity contribution < 1.29 is 14.7 Å². The number of carboxylic acid groups (broad SMARTS) is 1. The molecule has 1 aliphatic rings. The van der Waals surface area contributed by atoms with E-state index >= 15 is 0 Å². The van der Waals surface area contributed by atoms with Gasteiger partial charge < -0.3 is 15.3 Å². The van der Waals surface area contributed by atoms with Crippen molar-refractivity contribution in [2.45, 2.75) is 45.2 Å². The van der Waals surface area contributed by atoms with Crippen LogP contribution < -0.4 is 5.32 Å².